The summed E-state index contributed by atoms with van der Waals surface area (Å²) in [6, 6.07) is 9.42. The van der Waals surface area contributed by atoms with Crippen LogP contribution >= 0.6 is 8.17 Å². The lowest BCUT2D eigenvalue weighted by Crippen LogP contribution is -2.42. The molecule has 4 aromatic rings. The van der Waals surface area contributed by atoms with E-state index < -0.39 is 44.3 Å². The van der Waals surface area contributed by atoms with Crippen LogP contribution in [0.2, 0.25) is 0 Å². The van der Waals surface area contributed by atoms with Crippen LogP contribution in [-0.4, -0.2) is 74.8 Å². The summed E-state index contributed by atoms with van der Waals surface area (Å²) in [6.07, 6.45) is -3.10. The van der Waals surface area contributed by atoms with Crippen LogP contribution in [0.4, 0.5) is 10.3 Å². The number of aliphatic hydroxyl groups is 1. The molecule has 1 aliphatic rings. The van der Waals surface area contributed by atoms with Crippen LogP contribution in [0, 0.1) is 5.41 Å². The highest BCUT2D eigenvalue weighted by Crippen LogP contribution is 2.44. The van der Waals surface area contributed by atoms with Gasteiger partial charge in [0.2, 0.25) is 17.6 Å². The van der Waals surface area contributed by atoms with Crippen LogP contribution in [0.25, 0.3) is 21.9 Å². The van der Waals surface area contributed by atoms with Crippen LogP contribution in [0.1, 0.15) is 40.8 Å². The van der Waals surface area contributed by atoms with Gasteiger partial charge in [-0.25, -0.2) is 14.2 Å². The molecule has 3 heterocycles. The molecule has 14 nitrogen and oxygen atoms in total. The molecule has 6 atom stereocenters. The molecule has 0 saturated carbocycles. The van der Waals surface area contributed by atoms with E-state index in [9.17, 15) is 14.8 Å². The lowest BCUT2D eigenvalue weighted by molar-refractivity contribution is -0.169. The van der Waals surface area contributed by atoms with Crippen molar-refractivity contribution in [2.24, 2.45) is 10.2 Å². The van der Waals surface area contributed by atoms with Gasteiger partial charge in [0.05, 0.1) is 20.0 Å². The summed E-state index contributed by atoms with van der Waals surface area (Å²) in [7, 11) is -1.36. The Morgan fingerprint density at radius 1 is 1.28 bits per heavy atom. The maximum atomic E-state index is 15.7. The normalized spacial score (nSPS) is 22.6. The second-order valence-corrected chi connectivity index (χ2v) is 13.2. The third kappa shape index (κ3) is 6.82. The zero-order valence-electron chi connectivity index (χ0n) is 26.2. The Labute approximate surface area is 265 Å². The first-order valence-electron chi connectivity index (χ1n) is 14.4. The van der Waals surface area contributed by atoms with Crippen LogP contribution < -0.4 is 24.6 Å². The fourth-order valence-corrected chi connectivity index (χ4v) is 5.65. The predicted molar refractivity (Wildman–Crippen MR) is 165 cm³/mol. The molecular weight excluding hydrogens is 622 g/mol. The quantitative estimate of drug-likeness (QED) is 0.185. The minimum Gasteiger partial charge on any atom is -0.575 e. The highest BCUT2D eigenvalue weighted by atomic mass is 31.1. The van der Waals surface area contributed by atoms with Gasteiger partial charge in [0.25, 0.3) is 0 Å². The van der Waals surface area contributed by atoms with Gasteiger partial charge in [0, 0.05) is 5.39 Å². The number of esters is 1. The van der Waals surface area contributed by atoms with Gasteiger partial charge in [0.15, 0.2) is 35.4 Å². The summed E-state index contributed by atoms with van der Waals surface area (Å²) in [5, 5.41) is 12.5. The number of carbonyl (C=O) groups excluding carboxylic acids is 1. The van der Waals surface area contributed by atoms with Crippen molar-refractivity contribution < 1.29 is 42.7 Å². The van der Waals surface area contributed by atoms with Gasteiger partial charge in [-0.1, -0.05) is 55.8 Å². The third-order valence-corrected chi connectivity index (χ3v) is 8.09. The molecule has 246 valence electrons. The Bertz CT molecular complexity index is 1780. The van der Waals surface area contributed by atoms with E-state index in [0.717, 1.165) is 5.39 Å². The van der Waals surface area contributed by atoms with Crippen molar-refractivity contribution in [3.63, 3.8) is 0 Å². The van der Waals surface area contributed by atoms with Gasteiger partial charge in [0.1, 0.15) is 18.3 Å². The molecule has 16 heteroatoms. The van der Waals surface area contributed by atoms with Gasteiger partial charge in [-0.15, -0.1) is 0 Å². The highest BCUT2D eigenvalue weighted by molar-refractivity contribution is 7.34. The Balaban J connectivity index is 1.37. The lowest BCUT2D eigenvalue weighted by Gasteiger charge is -2.26. The SMILES string of the molecule is COc1nc(N)nc2c1ncn2[C@@H]1O[C@H](COc2ccc3ccccc3c2O[P+]([O-])=N[C@@H](C)C(=O)OCC(C)(C)C)[C@H](F)[C@@]1(C)O. The molecule has 1 aliphatic heterocycles. The van der Waals surface area contributed by atoms with E-state index in [4.69, 9.17) is 29.2 Å². The van der Waals surface area contributed by atoms with Crippen molar-refractivity contribution in [2.75, 3.05) is 26.1 Å². The number of nitrogen functional groups attached to an aromatic ring is 1. The monoisotopic (exact) mass is 658 g/mol. The first-order valence-corrected chi connectivity index (χ1v) is 15.6. The molecular formula is C30H36FN6O8P. The number of benzene rings is 2. The number of fused-ring (bicyclic) bond motifs is 2. The number of carbonyl (C=O) groups is 1. The summed E-state index contributed by atoms with van der Waals surface area (Å²) in [5.74, 6) is -0.429. The Morgan fingerprint density at radius 3 is 2.74 bits per heavy atom. The van der Waals surface area contributed by atoms with Gasteiger partial charge in [-0.2, -0.15) is 9.97 Å². The van der Waals surface area contributed by atoms with Crippen LogP contribution in [0.3, 0.4) is 0 Å². The summed E-state index contributed by atoms with van der Waals surface area (Å²) < 4.78 is 49.3. The number of hydrogen-bond donors (Lipinski definition) is 2. The van der Waals surface area contributed by atoms with E-state index in [0.29, 0.717) is 5.39 Å². The van der Waals surface area contributed by atoms with Crippen molar-refractivity contribution in [1.29, 1.82) is 0 Å². The third-order valence-electron chi connectivity index (χ3n) is 7.21. The fourth-order valence-electron chi connectivity index (χ4n) is 4.88. The average molecular weight is 659 g/mol. The van der Waals surface area contributed by atoms with Crippen molar-refractivity contribution in [3.05, 3.63) is 42.7 Å². The van der Waals surface area contributed by atoms with Crippen LogP contribution in [0.15, 0.2) is 47.5 Å². The van der Waals surface area contributed by atoms with Gasteiger partial charge < -0.3 is 34.7 Å². The van der Waals surface area contributed by atoms with E-state index in [1.165, 1.54) is 31.9 Å². The van der Waals surface area contributed by atoms with E-state index in [1.807, 2.05) is 32.9 Å². The molecule has 0 aliphatic carbocycles. The smallest absolute Gasteiger partial charge is 0.395 e. The number of rotatable bonds is 10. The number of ether oxygens (including phenoxy) is 4. The molecule has 3 N–H and O–H groups in total. The molecule has 1 fully saturated rings. The molecule has 0 amide bonds. The maximum Gasteiger partial charge on any atom is 0.395 e. The number of anilines is 1. The number of imidazole rings is 1. The van der Waals surface area contributed by atoms with Crippen molar-refractivity contribution >= 4 is 42.0 Å². The largest absolute Gasteiger partial charge is 0.575 e. The second kappa shape index (κ2) is 12.9. The molecule has 2 aromatic carbocycles. The fraction of sp³-hybridized carbons (Fsp3) is 0.467. The van der Waals surface area contributed by atoms with Crippen molar-refractivity contribution in [1.82, 2.24) is 19.5 Å². The van der Waals surface area contributed by atoms with Gasteiger partial charge >= 0.3 is 14.1 Å². The summed E-state index contributed by atoms with van der Waals surface area (Å²) in [4.78, 5) is 37.8. The molecule has 1 saturated heterocycles. The van der Waals surface area contributed by atoms with Crippen LogP contribution in [-0.2, 0) is 14.3 Å². The molecule has 0 bridgehead atoms. The first-order chi connectivity index (χ1) is 21.7. The van der Waals surface area contributed by atoms with Crippen molar-refractivity contribution in [3.8, 4) is 17.4 Å². The molecule has 1 unspecified atom stereocenters. The summed E-state index contributed by atoms with van der Waals surface area (Å²) in [6.45, 7) is 8.31. The van der Waals surface area contributed by atoms with E-state index in [2.05, 4.69) is 19.7 Å². The first kappa shape index (κ1) is 33.2. The number of alkyl halides is 1. The molecule has 46 heavy (non-hydrogen) atoms. The van der Waals surface area contributed by atoms with Gasteiger partial charge in [-0.3, -0.25) is 9.09 Å². The molecule has 0 spiro atoms. The van der Waals surface area contributed by atoms with E-state index >= 15 is 4.39 Å². The topological polar surface area (TPSA) is 188 Å². The summed E-state index contributed by atoms with van der Waals surface area (Å²) >= 11 is 0. The van der Waals surface area contributed by atoms with E-state index in [1.54, 1.807) is 24.3 Å². The minimum atomic E-state index is -2.75. The zero-order valence-corrected chi connectivity index (χ0v) is 27.1. The number of hydrogen-bond acceptors (Lipinski definition) is 13. The minimum absolute atomic E-state index is 0.0785. The predicted octanol–water partition coefficient (Wildman–Crippen LogP) is 3.85. The lowest BCUT2D eigenvalue weighted by atomic mass is 9.98. The Hall–Kier alpha value is -4.17. The highest BCUT2D eigenvalue weighted by Gasteiger charge is 2.55. The average Bonchev–Trinajstić information content (AvgIpc) is 3.51. The molecule has 2 aromatic heterocycles. The Morgan fingerprint density at radius 2 is 2.02 bits per heavy atom. The standard InChI is InChI=1S/C30H36FN6O8P/c1-16(26(38)43-14-29(2,3)4)36-46(40)45-22-18-10-8-7-9-17(18)11-12-19(22)42-13-20-23(31)30(5,39)27(44-20)37-15-33-21-24(37)34-28(32)35-25(21)41-6/h7-12,15-16,20,23,27,39H,13-14H2,1-6H3,(H2,32,34,35)/t16-,20+,23-,27+,30+/m0/s1. The Kier molecular flexibility index (Phi) is 9.32. The number of nitrogens with zero attached hydrogens (tertiary/aromatic N) is 5. The van der Waals surface area contributed by atoms with Crippen LogP contribution in [0.5, 0.6) is 17.4 Å². The maximum absolute atomic E-state index is 15.7. The van der Waals surface area contributed by atoms with Crippen molar-refractivity contribution in [2.45, 2.75) is 64.8 Å². The second-order valence-electron chi connectivity index (χ2n) is 12.3. The van der Waals surface area contributed by atoms with Gasteiger partial charge in [-0.05, 0) is 30.7 Å². The molecule has 0 radical (unpaired) electrons. The number of methoxy groups -OCH3 is 1. The van der Waals surface area contributed by atoms with E-state index in [-0.39, 0.29) is 53.1 Å². The summed E-state index contributed by atoms with van der Waals surface area (Å²) in [5.41, 5.74) is 3.97. The zero-order chi connectivity index (χ0) is 33.4. The molecule has 5 rings (SSSR count). The number of aromatic nitrogens is 4. The number of halogens is 1. The number of nitrogens with two attached hydrogens (primary N) is 1.